The van der Waals surface area contributed by atoms with E-state index in [1.54, 1.807) is 6.20 Å². The lowest BCUT2D eigenvalue weighted by Crippen LogP contribution is -3.00. The van der Waals surface area contributed by atoms with Crippen LogP contribution in [0.3, 0.4) is 0 Å². The molecule has 0 aliphatic rings. The second-order valence-corrected chi connectivity index (χ2v) is 2.03. The van der Waals surface area contributed by atoms with Gasteiger partial charge in [0.15, 0.2) is 0 Å². The molecule has 2 nitrogen and oxygen atoms in total. The Morgan fingerprint density at radius 1 is 1.45 bits per heavy atom. The minimum absolute atomic E-state index is 0. The highest BCUT2D eigenvalue weighted by atomic mass is 35.5. The van der Waals surface area contributed by atoms with Crippen LogP contribution in [0.2, 0.25) is 0 Å². The number of nitrogens with zero attached hydrogens (tertiary/aromatic N) is 2. The van der Waals surface area contributed by atoms with Gasteiger partial charge in [0.25, 0.3) is 0 Å². The van der Waals surface area contributed by atoms with Gasteiger partial charge in [-0.25, -0.2) is 9.13 Å². The van der Waals surface area contributed by atoms with Gasteiger partial charge in [0.1, 0.15) is 18.9 Å². The van der Waals surface area contributed by atoms with E-state index in [1.807, 2.05) is 33.9 Å². The van der Waals surface area contributed by atoms with Crippen LogP contribution in [0.25, 0.3) is 6.20 Å². The van der Waals surface area contributed by atoms with E-state index in [4.69, 9.17) is 0 Å². The Morgan fingerprint density at radius 2 is 2.18 bits per heavy atom. The van der Waals surface area contributed by atoms with E-state index in [0.717, 1.165) is 6.54 Å². The number of halogens is 1. The number of allylic oxidation sites excluding steroid dienone is 1. The predicted octanol–water partition coefficient (Wildman–Crippen LogP) is -1.93. The fraction of sp³-hybridized carbons (Fsp3) is 0.125. The number of imidazole rings is 1. The average molecular weight is 171 g/mol. The van der Waals surface area contributed by atoms with Crippen molar-refractivity contribution in [3.8, 4) is 0 Å². The highest BCUT2D eigenvalue weighted by Crippen LogP contribution is 1.82. The Hall–Kier alpha value is -1.02. The van der Waals surface area contributed by atoms with Crippen molar-refractivity contribution in [3.05, 3.63) is 38.0 Å². The maximum atomic E-state index is 3.64. The molecule has 0 saturated carbocycles. The van der Waals surface area contributed by atoms with Crippen molar-refractivity contribution < 1.29 is 17.0 Å². The average Bonchev–Trinajstić information content (AvgIpc) is 2.37. The Balaban J connectivity index is 0.000001000. The second kappa shape index (κ2) is 4.74. The minimum atomic E-state index is 0. The number of hydrogen-bond donors (Lipinski definition) is 0. The van der Waals surface area contributed by atoms with E-state index in [9.17, 15) is 0 Å². The van der Waals surface area contributed by atoms with Crippen molar-refractivity contribution in [1.29, 1.82) is 0 Å². The first kappa shape index (κ1) is 9.98. The van der Waals surface area contributed by atoms with E-state index in [1.165, 1.54) is 0 Å². The Morgan fingerprint density at radius 3 is 2.64 bits per heavy atom. The van der Waals surface area contributed by atoms with E-state index in [-0.39, 0.29) is 12.4 Å². The third-order valence-electron chi connectivity index (χ3n) is 1.26. The lowest BCUT2D eigenvalue weighted by atomic mass is 10.6. The highest BCUT2D eigenvalue weighted by molar-refractivity contribution is 5.13. The Labute approximate surface area is 72.9 Å². The molecule has 0 saturated heterocycles. The van der Waals surface area contributed by atoms with Crippen molar-refractivity contribution in [1.82, 2.24) is 4.57 Å². The van der Waals surface area contributed by atoms with E-state index >= 15 is 0 Å². The summed E-state index contributed by atoms with van der Waals surface area (Å²) in [5.74, 6) is 0. The third kappa shape index (κ3) is 2.60. The molecule has 0 radical (unpaired) electrons. The summed E-state index contributed by atoms with van der Waals surface area (Å²) in [6.45, 7) is 8.11. The van der Waals surface area contributed by atoms with Crippen LogP contribution >= 0.6 is 0 Å². The molecule has 1 heterocycles. The molecule has 0 amide bonds. The van der Waals surface area contributed by atoms with Crippen LogP contribution in [0.5, 0.6) is 0 Å². The molecule has 60 valence electrons. The first-order valence-corrected chi connectivity index (χ1v) is 3.17. The van der Waals surface area contributed by atoms with Crippen LogP contribution in [0.15, 0.2) is 38.0 Å². The monoisotopic (exact) mass is 170 g/mol. The fourth-order valence-corrected chi connectivity index (χ4v) is 0.776. The van der Waals surface area contributed by atoms with Crippen LogP contribution < -0.4 is 17.0 Å². The van der Waals surface area contributed by atoms with Gasteiger partial charge in [0.05, 0.1) is 6.20 Å². The number of hydrogen-bond acceptors (Lipinski definition) is 0. The first-order valence-electron chi connectivity index (χ1n) is 3.17. The molecule has 0 aromatic carbocycles. The van der Waals surface area contributed by atoms with Crippen molar-refractivity contribution in [2.24, 2.45) is 0 Å². The lowest BCUT2D eigenvalue weighted by Gasteiger charge is -1.83. The van der Waals surface area contributed by atoms with E-state index in [0.29, 0.717) is 0 Å². The summed E-state index contributed by atoms with van der Waals surface area (Å²) >= 11 is 0. The molecule has 0 aliphatic carbocycles. The van der Waals surface area contributed by atoms with E-state index in [2.05, 4.69) is 13.2 Å². The molecule has 0 N–H and O–H groups in total. The minimum Gasteiger partial charge on any atom is -1.00 e. The highest BCUT2D eigenvalue weighted by Gasteiger charge is 1.95. The summed E-state index contributed by atoms with van der Waals surface area (Å²) in [4.78, 5) is 0. The molecule has 0 spiro atoms. The van der Waals surface area contributed by atoms with Gasteiger partial charge in [-0.1, -0.05) is 19.2 Å². The Kier molecular flexibility index (Phi) is 4.30. The van der Waals surface area contributed by atoms with Gasteiger partial charge in [-0.3, -0.25) is 0 Å². The van der Waals surface area contributed by atoms with Crippen LogP contribution in [0.4, 0.5) is 0 Å². The molecule has 11 heavy (non-hydrogen) atoms. The largest absolute Gasteiger partial charge is 1.00 e. The molecule has 0 atom stereocenters. The van der Waals surface area contributed by atoms with Gasteiger partial charge in [0.2, 0.25) is 6.33 Å². The molecular weight excluding hydrogens is 160 g/mol. The lowest BCUT2D eigenvalue weighted by molar-refractivity contribution is -0.686. The molecular formula is C8H11ClN2. The fourth-order valence-electron chi connectivity index (χ4n) is 0.776. The normalized spacial score (nSPS) is 8.36. The van der Waals surface area contributed by atoms with E-state index < -0.39 is 0 Å². The zero-order valence-electron chi connectivity index (χ0n) is 6.28. The molecule has 1 aromatic heterocycles. The summed E-state index contributed by atoms with van der Waals surface area (Å²) < 4.78 is 3.91. The molecule has 1 aromatic rings. The van der Waals surface area contributed by atoms with Crippen LogP contribution in [-0.2, 0) is 6.54 Å². The molecule has 0 aliphatic heterocycles. The van der Waals surface area contributed by atoms with Gasteiger partial charge < -0.3 is 12.4 Å². The van der Waals surface area contributed by atoms with Crippen molar-refractivity contribution in [2.45, 2.75) is 6.54 Å². The zero-order valence-corrected chi connectivity index (χ0v) is 7.04. The summed E-state index contributed by atoms with van der Waals surface area (Å²) in [5, 5.41) is 0. The SMILES string of the molecule is C=CC[n+]1ccn(C=C)c1.[Cl-]. The van der Waals surface area contributed by atoms with Crippen molar-refractivity contribution in [2.75, 3.05) is 0 Å². The quantitative estimate of drug-likeness (QED) is 0.369. The summed E-state index contributed by atoms with van der Waals surface area (Å²) in [7, 11) is 0. The zero-order chi connectivity index (χ0) is 7.40. The van der Waals surface area contributed by atoms with Gasteiger partial charge in [-0.15, -0.1) is 0 Å². The predicted molar refractivity (Wildman–Crippen MR) is 41.2 cm³/mol. The summed E-state index contributed by atoms with van der Waals surface area (Å²) in [5.41, 5.74) is 0. The summed E-state index contributed by atoms with van der Waals surface area (Å²) in [6, 6.07) is 0. The molecule has 3 heteroatoms. The maximum absolute atomic E-state index is 3.64. The molecule has 0 fully saturated rings. The molecule has 0 unspecified atom stereocenters. The van der Waals surface area contributed by atoms with Gasteiger partial charge in [-0.05, 0) is 0 Å². The first-order chi connectivity index (χ1) is 4.86. The number of rotatable bonds is 3. The Bertz CT molecular complexity index is 240. The maximum Gasteiger partial charge on any atom is 0.248 e. The van der Waals surface area contributed by atoms with Crippen molar-refractivity contribution >= 4 is 6.20 Å². The topological polar surface area (TPSA) is 8.81 Å². The van der Waals surface area contributed by atoms with Gasteiger partial charge >= 0.3 is 0 Å². The second-order valence-electron chi connectivity index (χ2n) is 2.03. The number of aromatic nitrogens is 2. The van der Waals surface area contributed by atoms with Gasteiger partial charge in [-0.2, -0.15) is 0 Å². The smallest absolute Gasteiger partial charge is 0.248 e. The third-order valence-corrected chi connectivity index (χ3v) is 1.26. The van der Waals surface area contributed by atoms with Gasteiger partial charge in [0, 0.05) is 0 Å². The van der Waals surface area contributed by atoms with Crippen LogP contribution in [0.1, 0.15) is 0 Å². The van der Waals surface area contributed by atoms with Crippen LogP contribution in [0, 0.1) is 0 Å². The standard InChI is InChI=1S/C8H11N2.ClH/c1-3-5-10-7-6-9(4-2)8-10;/h3-4,6-8H,1-2,5H2;1H/q+1;/p-1. The molecule has 0 bridgehead atoms. The summed E-state index contributed by atoms with van der Waals surface area (Å²) in [6.07, 6.45) is 9.47. The molecule has 1 rings (SSSR count). The van der Waals surface area contributed by atoms with Crippen molar-refractivity contribution in [3.63, 3.8) is 0 Å². The van der Waals surface area contributed by atoms with Crippen LogP contribution in [-0.4, -0.2) is 4.57 Å².